The molecule has 4 heteroatoms. The second-order valence-electron chi connectivity index (χ2n) is 4.65. The summed E-state index contributed by atoms with van der Waals surface area (Å²) < 4.78 is 26.7. The molecule has 2 rings (SSSR count). The van der Waals surface area contributed by atoms with Crippen LogP contribution in [-0.2, 0) is 0 Å². The molecule has 1 saturated carbocycles. The zero-order valence-corrected chi connectivity index (χ0v) is 10.5. The number of carbonyl (C=O) groups is 1. The summed E-state index contributed by atoms with van der Waals surface area (Å²) in [4.78, 5) is 13.9. The summed E-state index contributed by atoms with van der Waals surface area (Å²) in [5, 5.41) is 0. The maximum atomic E-state index is 13.6. The van der Waals surface area contributed by atoms with Crippen molar-refractivity contribution in [2.75, 3.05) is 6.54 Å². The molecule has 1 aromatic carbocycles. The van der Waals surface area contributed by atoms with E-state index < -0.39 is 17.5 Å². The minimum atomic E-state index is -0.655. The van der Waals surface area contributed by atoms with Crippen molar-refractivity contribution >= 4 is 5.91 Å². The van der Waals surface area contributed by atoms with Crippen molar-refractivity contribution in [3.63, 3.8) is 0 Å². The number of carbonyl (C=O) groups excluding carboxylic acids is 1. The molecule has 1 aromatic rings. The zero-order chi connectivity index (χ0) is 13.1. The van der Waals surface area contributed by atoms with E-state index >= 15 is 0 Å². The highest BCUT2D eigenvalue weighted by Crippen LogP contribution is 2.25. The Balaban J connectivity index is 2.25. The topological polar surface area (TPSA) is 20.3 Å². The van der Waals surface area contributed by atoms with Gasteiger partial charge in [0.25, 0.3) is 5.91 Å². The van der Waals surface area contributed by atoms with Crippen LogP contribution in [0.15, 0.2) is 18.2 Å². The fourth-order valence-electron chi connectivity index (χ4n) is 2.60. The second kappa shape index (κ2) is 5.46. The Morgan fingerprint density at radius 3 is 2.61 bits per heavy atom. The van der Waals surface area contributed by atoms with E-state index in [2.05, 4.69) is 0 Å². The van der Waals surface area contributed by atoms with Crippen LogP contribution >= 0.6 is 0 Å². The molecule has 98 valence electrons. The first-order chi connectivity index (χ1) is 8.63. The van der Waals surface area contributed by atoms with Gasteiger partial charge in [-0.3, -0.25) is 4.79 Å². The van der Waals surface area contributed by atoms with E-state index in [0.29, 0.717) is 6.54 Å². The largest absolute Gasteiger partial charge is 0.336 e. The van der Waals surface area contributed by atoms with E-state index in [1.54, 1.807) is 4.90 Å². The highest BCUT2D eigenvalue weighted by Gasteiger charge is 2.27. The van der Waals surface area contributed by atoms with Crippen LogP contribution < -0.4 is 0 Å². The van der Waals surface area contributed by atoms with Crippen LogP contribution in [-0.4, -0.2) is 23.4 Å². The van der Waals surface area contributed by atoms with Gasteiger partial charge in [-0.1, -0.05) is 12.8 Å². The van der Waals surface area contributed by atoms with Gasteiger partial charge in [-0.05, 0) is 38.0 Å². The van der Waals surface area contributed by atoms with E-state index in [0.717, 1.165) is 43.9 Å². The van der Waals surface area contributed by atoms with E-state index in [1.807, 2.05) is 6.92 Å². The molecular formula is C14H17F2NO. The molecule has 18 heavy (non-hydrogen) atoms. The summed E-state index contributed by atoms with van der Waals surface area (Å²) in [6.07, 6.45) is 4.10. The van der Waals surface area contributed by atoms with Gasteiger partial charge >= 0.3 is 0 Å². The third-order valence-corrected chi connectivity index (χ3v) is 3.53. The Kier molecular flexibility index (Phi) is 3.94. The van der Waals surface area contributed by atoms with Gasteiger partial charge in [0.05, 0.1) is 5.56 Å². The quantitative estimate of drug-likeness (QED) is 0.808. The van der Waals surface area contributed by atoms with Crippen molar-refractivity contribution in [1.29, 1.82) is 0 Å². The fourth-order valence-corrected chi connectivity index (χ4v) is 2.60. The molecule has 0 radical (unpaired) electrons. The van der Waals surface area contributed by atoms with Crippen molar-refractivity contribution in [3.8, 4) is 0 Å². The molecule has 1 aliphatic rings. The van der Waals surface area contributed by atoms with Gasteiger partial charge in [-0.25, -0.2) is 8.78 Å². The lowest BCUT2D eigenvalue weighted by Crippen LogP contribution is -2.39. The average Bonchev–Trinajstić information content (AvgIpc) is 2.87. The Morgan fingerprint density at radius 1 is 1.33 bits per heavy atom. The van der Waals surface area contributed by atoms with Crippen molar-refractivity contribution < 1.29 is 13.6 Å². The van der Waals surface area contributed by atoms with Crippen LogP contribution in [0.2, 0.25) is 0 Å². The van der Waals surface area contributed by atoms with Gasteiger partial charge in [0.1, 0.15) is 11.6 Å². The van der Waals surface area contributed by atoms with Gasteiger partial charge in [0, 0.05) is 12.6 Å². The standard InChI is InChI=1S/C14H17F2NO/c1-2-17(11-5-3-4-6-11)14(18)12-9-10(15)7-8-13(12)16/h7-9,11H,2-6H2,1H3. The minimum Gasteiger partial charge on any atom is -0.336 e. The van der Waals surface area contributed by atoms with Crippen LogP contribution in [0.4, 0.5) is 8.78 Å². The minimum absolute atomic E-state index is 0.163. The molecule has 0 N–H and O–H groups in total. The molecule has 0 spiro atoms. The lowest BCUT2D eigenvalue weighted by atomic mass is 10.1. The van der Waals surface area contributed by atoms with Gasteiger partial charge < -0.3 is 4.90 Å². The molecule has 0 heterocycles. The third-order valence-electron chi connectivity index (χ3n) is 3.53. The maximum absolute atomic E-state index is 13.6. The van der Waals surface area contributed by atoms with Crippen LogP contribution in [0.3, 0.4) is 0 Å². The second-order valence-corrected chi connectivity index (χ2v) is 4.65. The molecule has 0 saturated heterocycles. The first-order valence-corrected chi connectivity index (χ1v) is 6.39. The summed E-state index contributed by atoms with van der Waals surface area (Å²) >= 11 is 0. The number of hydrogen-bond donors (Lipinski definition) is 0. The number of halogens is 2. The first-order valence-electron chi connectivity index (χ1n) is 6.39. The lowest BCUT2D eigenvalue weighted by molar-refractivity contribution is 0.0688. The van der Waals surface area contributed by atoms with E-state index in [4.69, 9.17) is 0 Å². The SMILES string of the molecule is CCN(C(=O)c1cc(F)ccc1F)C1CCCC1. The molecule has 1 aliphatic carbocycles. The Labute approximate surface area is 106 Å². The van der Waals surface area contributed by atoms with Crippen LogP contribution in [0.1, 0.15) is 43.0 Å². The molecule has 1 fully saturated rings. The van der Waals surface area contributed by atoms with E-state index in [9.17, 15) is 13.6 Å². The Bertz CT molecular complexity index is 441. The van der Waals surface area contributed by atoms with Gasteiger partial charge in [-0.2, -0.15) is 0 Å². The summed E-state index contributed by atoms with van der Waals surface area (Å²) in [6.45, 7) is 2.40. The number of benzene rings is 1. The Morgan fingerprint density at radius 2 is 2.00 bits per heavy atom. The lowest BCUT2D eigenvalue weighted by Gasteiger charge is -2.27. The summed E-state index contributed by atoms with van der Waals surface area (Å²) in [5.74, 6) is -1.64. The fraction of sp³-hybridized carbons (Fsp3) is 0.500. The van der Waals surface area contributed by atoms with Crippen LogP contribution in [0, 0.1) is 11.6 Å². The van der Waals surface area contributed by atoms with Crippen molar-refractivity contribution in [2.24, 2.45) is 0 Å². The summed E-state index contributed by atoms with van der Waals surface area (Å²) in [7, 11) is 0. The first kappa shape index (κ1) is 13.0. The molecule has 0 aromatic heterocycles. The smallest absolute Gasteiger partial charge is 0.257 e. The molecular weight excluding hydrogens is 236 g/mol. The Hall–Kier alpha value is -1.45. The third kappa shape index (κ3) is 2.52. The van der Waals surface area contributed by atoms with Crippen LogP contribution in [0.25, 0.3) is 0 Å². The number of rotatable bonds is 3. The summed E-state index contributed by atoms with van der Waals surface area (Å²) in [6, 6.07) is 3.18. The van der Waals surface area contributed by atoms with E-state index in [-0.39, 0.29) is 11.6 Å². The van der Waals surface area contributed by atoms with E-state index in [1.165, 1.54) is 0 Å². The van der Waals surface area contributed by atoms with Gasteiger partial charge in [-0.15, -0.1) is 0 Å². The maximum Gasteiger partial charge on any atom is 0.257 e. The predicted molar refractivity (Wildman–Crippen MR) is 65.3 cm³/mol. The number of hydrogen-bond acceptors (Lipinski definition) is 1. The van der Waals surface area contributed by atoms with Gasteiger partial charge in [0.15, 0.2) is 0 Å². The highest BCUT2D eigenvalue weighted by atomic mass is 19.1. The number of amides is 1. The monoisotopic (exact) mass is 253 g/mol. The zero-order valence-electron chi connectivity index (χ0n) is 10.5. The van der Waals surface area contributed by atoms with Crippen molar-refractivity contribution in [3.05, 3.63) is 35.4 Å². The van der Waals surface area contributed by atoms with Gasteiger partial charge in [0.2, 0.25) is 0 Å². The molecule has 1 amide bonds. The highest BCUT2D eigenvalue weighted by molar-refractivity contribution is 5.94. The molecule has 2 nitrogen and oxygen atoms in total. The molecule has 0 aliphatic heterocycles. The van der Waals surface area contributed by atoms with Crippen molar-refractivity contribution in [2.45, 2.75) is 38.6 Å². The molecule has 0 unspecified atom stereocenters. The summed E-state index contributed by atoms with van der Waals surface area (Å²) in [5.41, 5.74) is -0.163. The molecule has 0 bridgehead atoms. The van der Waals surface area contributed by atoms with Crippen LogP contribution in [0.5, 0.6) is 0 Å². The molecule has 0 atom stereocenters. The number of nitrogens with zero attached hydrogens (tertiary/aromatic N) is 1. The van der Waals surface area contributed by atoms with Crippen molar-refractivity contribution in [1.82, 2.24) is 4.90 Å². The average molecular weight is 253 g/mol. The predicted octanol–water partition coefficient (Wildman–Crippen LogP) is 3.37. The normalized spacial score (nSPS) is 15.9.